The number of hydrogen-bond acceptors (Lipinski definition) is 3. The highest BCUT2D eigenvalue weighted by atomic mass is 32.2. The van der Waals surface area contributed by atoms with Crippen LogP contribution in [0.15, 0.2) is 29.2 Å². The monoisotopic (exact) mass is 309 g/mol. The highest BCUT2D eigenvalue weighted by molar-refractivity contribution is 7.89. The molecule has 0 heterocycles. The molecule has 0 saturated heterocycles. The van der Waals surface area contributed by atoms with Crippen LogP contribution >= 0.6 is 0 Å². The second-order valence-corrected chi connectivity index (χ2v) is 7.66. The highest BCUT2D eigenvalue weighted by Gasteiger charge is 2.33. The lowest BCUT2D eigenvalue weighted by Gasteiger charge is -2.19. The van der Waals surface area contributed by atoms with E-state index in [2.05, 4.69) is 18.6 Å². The minimum Gasteiger partial charge on any atom is -0.294 e. The predicted molar refractivity (Wildman–Crippen MR) is 82.7 cm³/mol. The fourth-order valence-electron chi connectivity index (χ4n) is 2.84. The molecule has 0 aromatic heterocycles. The van der Waals surface area contributed by atoms with E-state index < -0.39 is 10.0 Å². The fourth-order valence-corrected chi connectivity index (χ4v) is 4.25. The number of hydrogen-bond donors (Lipinski definition) is 1. The molecule has 0 amide bonds. The summed E-state index contributed by atoms with van der Waals surface area (Å²) in [5, 5.41) is 0. The van der Waals surface area contributed by atoms with Gasteiger partial charge in [0.05, 0.1) is 4.90 Å². The molecular formula is C16H23NO3S. The number of nitrogens with one attached hydrogen (secondary N) is 1. The predicted octanol–water partition coefficient (Wildman–Crippen LogP) is 2.99. The Morgan fingerprint density at radius 3 is 2.57 bits per heavy atom. The Hall–Kier alpha value is -1.20. The SMILES string of the molecule is CCC(=O)c1cccc(S(=O)(=O)NC2CCC(C)C2C)c1. The molecule has 1 saturated carbocycles. The van der Waals surface area contributed by atoms with E-state index in [0.717, 1.165) is 12.8 Å². The molecule has 1 fully saturated rings. The minimum absolute atomic E-state index is 0.0180. The van der Waals surface area contributed by atoms with Gasteiger partial charge in [-0.15, -0.1) is 0 Å². The summed E-state index contributed by atoms with van der Waals surface area (Å²) in [6.07, 6.45) is 2.28. The Labute approximate surface area is 127 Å². The van der Waals surface area contributed by atoms with Gasteiger partial charge in [0.15, 0.2) is 5.78 Å². The van der Waals surface area contributed by atoms with Gasteiger partial charge in [-0.05, 0) is 36.8 Å². The van der Waals surface area contributed by atoms with E-state index in [1.165, 1.54) is 12.1 Å². The molecular weight excluding hydrogens is 286 g/mol. The summed E-state index contributed by atoms with van der Waals surface area (Å²) in [5.41, 5.74) is 0.452. The maximum atomic E-state index is 12.5. The molecule has 1 aliphatic carbocycles. The third-order valence-electron chi connectivity index (χ3n) is 4.56. The van der Waals surface area contributed by atoms with Crippen LogP contribution in [0.5, 0.6) is 0 Å². The van der Waals surface area contributed by atoms with Crippen LogP contribution in [0.1, 0.15) is 50.4 Å². The summed E-state index contributed by atoms with van der Waals surface area (Å²) in [4.78, 5) is 11.9. The van der Waals surface area contributed by atoms with Gasteiger partial charge in [-0.25, -0.2) is 13.1 Å². The molecule has 5 heteroatoms. The lowest BCUT2D eigenvalue weighted by molar-refractivity contribution is 0.0988. The van der Waals surface area contributed by atoms with Gasteiger partial charge in [-0.1, -0.05) is 32.9 Å². The minimum atomic E-state index is -3.57. The molecule has 0 spiro atoms. The van der Waals surface area contributed by atoms with Gasteiger partial charge in [0.25, 0.3) is 0 Å². The molecule has 1 aromatic rings. The molecule has 1 N–H and O–H groups in total. The first-order valence-electron chi connectivity index (χ1n) is 7.50. The van der Waals surface area contributed by atoms with Crippen LogP contribution in [0.3, 0.4) is 0 Å². The van der Waals surface area contributed by atoms with E-state index in [0.29, 0.717) is 23.8 Å². The Morgan fingerprint density at radius 1 is 1.29 bits per heavy atom. The topological polar surface area (TPSA) is 63.2 Å². The molecule has 21 heavy (non-hydrogen) atoms. The van der Waals surface area contributed by atoms with Gasteiger partial charge in [-0.2, -0.15) is 0 Å². The Bertz CT molecular complexity index is 624. The molecule has 3 unspecified atom stereocenters. The van der Waals surface area contributed by atoms with E-state index >= 15 is 0 Å². The average Bonchev–Trinajstić information content (AvgIpc) is 2.78. The summed E-state index contributed by atoms with van der Waals surface area (Å²) in [6.45, 7) is 6.00. The van der Waals surface area contributed by atoms with Crippen molar-refractivity contribution >= 4 is 15.8 Å². The zero-order valence-electron chi connectivity index (χ0n) is 12.8. The van der Waals surface area contributed by atoms with Crippen LogP contribution in [0, 0.1) is 11.8 Å². The summed E-state index contributed by atoms with van der Waals surface area (Å²) in [5.74, 6) is 0.820. The van der Waals surface area contributed by atoms with Gasteiger partial charge in [0.1, 0.15) is 0 Å². The summed E-state index contributed by atoms with van der Waals surface area (Å²) in [7, 11) is -3.57. The first kappa shape index (κ1) is 16.2. The number of benzene rings is 1. The van der Waals surface area contributed by atoms with Gasteiger partial charge in [0.2, 0.25) is 10.0 Å². The first-order chi connectivity index (χ1) is 9.85. The first-order valence-corrected chi connectivity index (χ1v) is 8.99. The Balaban J connectivity index is 2.22. The Morgan fingerprint density at radius 2 is 2.00 bits per heavy atom. The molecule has 0 bridgehead atoms. The number of carbonyl (C=O) groups is 1. The van der Waals surface area contributed by atoms with Crippen LogP contribution < -0.4 is 4.72 Å². The van der Waals surface area contributed by atoms with Gasteiger partial charge >= 0.3 is 0 Å². The third-order valence-corrected chi connectivity index (χ3v) is 6.05. The van der Waals surface area contributed by atoms with Crippen LogP contribution in [-0.4, -0.2) is 20.2 Å². The van der Waals surface area contributed by atoms with Gasteiger partial charge in [0, 0.05) is 18.0 Å². The lowest BCUT2D eigenvalue weighted by Crippen LogP contribution is -2.37. The fraction of sp³-hybridized carbons (Fsp3) is 0.562. The zero-order valence-corrected chi connectivity index (χ0v) is 13.6. The number of Topliss-reactive ketones (excluding diaryl/α,β-unsaturated/α-hetero) is 1. The largest absolute Gasteiger partial charge is 0.294 e. The van der Waals surface area contributed by atoms with Crippen LogP contribution in [0.4, 0.5) is 0 Å². The van der Waals surface area contributed by atoms with E-state index in [-0.39, 0.29) is 16.7 Å². The molecule has 1 aliphatic rings. The second kappa shape index (κ2) is 6.28. The van der Waals surface area contributed by atoms with Crippen molar-refractivity contribution in [2.24, 2.45) is 11.8 Å². The number of carbonyl (C=O) groups excluding carboxylic acids is 1. The van der Waals surface area contributed by atoms with Gasteiger partial charge < -0.3 is 0 Å². The summed E-state index contributed by atoms with van der Waals surface area (Å²) < 4.78 is 27.8. The van der Waals surface area contributed by atoms with E-state index in [4.69, 9.17) is 0 Å². The van der Waals surface area contributed by atoms with E-state index in [1.54, 1.807) is 19.1 Å². The van der Waals surface area contributed by atoms with Crippen molar-refractivity contribution in [2.75, 3.05) is 0 Å². The number of rotatable bonds is 5. The van der Waals surface area contributed by atoms with Crippen LogP contribution in [-0.2, 0) is 10.0 Å². The van der Waals surface area contributed by atoms with Crippen molar-refractivity contribution < 1.29 is 13.2 Å². The molecule has 116 valence electrons. The smallest absolute Gasteiger partial charge is 0.240 e. The maximum absolute atomic E-state index is 12.5. The van der Waals surface area contributed by atoms with Gasteiger partial charge in [-0.3, -0.25) is 4.79 Å². The molecule has 3 atom stereocenters. The molecule has 0 radical (unpaired) electrons. The molecule has 2 rings (SSSR count). The normalized spacial score (nSPS) is 26.0. The lowest BCUT2D eigenvalue weighted by atomic mass is 9.98. The third kappa shape index (κ3) is 3.52. The van der Waals surface area contributed by atoms with E-state index in [1.807, 2.05) is 0 Å². The Kier molecular flexibility index (Phi) is 4.84. The van der Waals surface area contributed by atoms with E-state index in [9.17, 15) is 13.2 Å². The van der Waals surface area contributed by atoms with Crippen molar-refractivity contribution in [1.29, 1.82) is 0 Å². The van der Waals surface area contributed by atoms with Crippen LogP contribution in [0.2, 0.25) is 0 Å². The van der Waals surface area contributed by atoms with Crippen LogP contribution in [0.25, 0.3) is 0 Å². The van der Waals surface area contributed by atoms with Crippen molar-refractivity contribution in [2.45, 2.75) is 51.0 Å². The van der Waals surface area contributed by atoms with Crippen molar-refractivity contribution in [1.82, 2.24) is 4.72 Å². The van der Waals surface area contributed by atoms with Crippen molar-refractivity contribution in [3.63, 3.8) is 0 Å². The highest BCUT2D eigenvalue weighted by Crippen LogP contribution is 2.32. The average molecular weight is 309 g/mol. The molecule has 1 aromatic carbocycles. The molecule has 4 nitrogen and oxygen atoms in total. The summed E-state index contributed by atoms with van der Waals surface area (Å²) >= 11 is 0. The molecule has 0 aliphatic heterocycles. The standard InChI is InChI=1S/C16H23NO3S/c1-4-16(18)13-6-5-7-14(10-13)21(19,20)17-15-9-8-11(2)12(15)3/h5-7,10-12,15,17H,4,8-9H2,1-3H3. The number of ketones is 1. The maximum Gasteiger partial charge on any atom is 0.240 e. The zero-order chi connectivity index (χ0) is 15.6. The van der Waals surface area contributed by atoms with Crippen molar-refractivity contribution in [3.8, 4) is 0 Å². The van der Waals surface area contributed by atoms with Crippen molar-refractivity contribution in [3.05, 3.63) is 29.8 Å². The summed E-state index contributed by atoms with van der Waals surface area (Å²) in [6, 6.07) is 6.27. The second-order valence-electron chi connectivity index (χ2n) is 5.95. The number of sulfonamides is 1. The quantitative estimate of drug-likeness (QED) is 0.850.